The van der Waals surface area contributed by atoms with Gasteiger partial charge in [0.2, 0.25) is 11.8 Å². The highest BCUT2D eigenvalue weighted by atomic mass is 35.5. The van der Waals surface area contributed by atoms with Crippen LogP contribution in [-0.4, -0.2) is 49.2 Å². The number of carbonyl (C=O) groups is 2. The summed E-state index contributed by atoms with van der Waals surface area (Å²) in [5, 5.41) is 10.6. The lowest BCUT2D eigenvalue weighted by molar-refractivity contribution is -0.132. The average molecular weight is 617 g/mol. The van der Waals surface area contributed by atoms with E-state index in [1.807, 2.05) is 0 Å². The standard InChI is InChI=1S/C30H37ClN4O4S2/c1-18-23-15-21(31)9-11-26(23)40-29(18)41(38,39)35-13-12-32-28(37)25(35)16-27(36)34-24-7-5-6-20-14-19(8-10-22(20)24)17-33-30(2,3)4/h8-11,14-15,24-25,33H,5-7,12-13,16-17H2,1-4H3,(H,32,37)(H,34,36)/t24-,25-/m1/s1. The number of halogens is 1. The molecule has 2 aromatic carbocycles. The smallest absolute Gasteiger partial charge is 0.253 e. The number of thiophene rings is 1. The third kappa shape index (κ3) is 6.46. The van der Waals surface area contributed by atoms with Gasteiger partial charge < -0.3 is 16.0 Å². The van der Waals surface area contributed by atoms with Crippen LogP contribution in [0.1, 0.15) is 68.3 Å². The minimum atomic E-state index is -4.04. The molecule has 3 aromatic rings. The van der Waals surface area contributed by atoms with Gasteiger partial charge in [-0.25, -0.2) is 8.42 Å². The number of nitrogens with one attached hydrogen (secondary N) is 3. The second-order valence-corrected chi connectivity index (χ2v) is 15.5. The molecule has 1 saturated heterocycles. The molecule has 1 aliphatic heterocycles. The summed E-state index contributed by atoms with van der Waals surface area (Å²) in [6, 6.07) is 10.3. The normalized spacial score (nSPS) is 20.1. The van der Waals surface area contributed by atoms with E-state index in [-0.39, 0.29) is 41.2 Å². The molecule has 1 aliphatic carbocycles. The highest BCUT2D eigenvalue weighted by Gasteiger charge is 2.41. The largest absolute Gasteiger partial charge is 0.353 e. The monoisotopic (exact) mass is 616 g/mol. The first kappa shape index (κ1) is 30.0. The molecule has 0 spiro atoms. The first-order valence-electron chi connectivity index (χ1n) is 14.0. The van der Waals surface area contributed by atoms with Crippen molar-refractivity contribution in [2.75, 3.05) is 13.1 Å². The minimum Gasteiger partial charge on any atom is -0.353 e. The molecule has 2 atom stereocenters. The van der Waals surface area contributed by atoms with Gasteiger partial charge in [0.05, 0.1) is 12.5 Å². The van der Waals surface area contributed by atoms with Crippen LogP contribution in [0.3, 0.4) is 0 Å². The number of carbonyl (C=O) groups excluding carboxylic acids is 2. The maximum absolute atomic E-state index is 13.9. The Balaban J connectivity index is 1.33. The van der Waals surface area contributed by atoms with Crippen LogP contribution in [0.5, 0.6) is 0 Å². The molecular formula is C30H37ClN4O4S2. The van der Waals surface area contributed by atoms with E-state index in [4.69, 9.17) is 11.6 Å². The lowest BCUT2D eigenvalue weighted by Gasteiger charge is -2.34. The van der Waals surface area contributed by atoms with Crippen molar-refractivity contribution in [2.45, 2.75) is 81.8 Å². The minimum absolute atomic E-state index is 0.0164. The second-order valence-electron chi connectivity index (χ2n) is 11.9. The van der Waals surface area contributed by atoms with E-state index in [9.17, 15) is 18.0 Å². The maximum Gasteiger partial charge on any atom is 0.253 e. The predicted molar refractivity (Wildman–Crippen MR) is 164 cm³/mol. The Bertz CT molecular complexity index is 1600. The van der Waals surface area contributed by atoms with Gasteiger partial charge in [-0.15, -0.1) is 11.3 Å². The van der Waals surface area contributed by atoms with Crippen molar-refractivity contribution in [3.63, 3.8) is 0 Å². The number of aryl methyl sites for hydroxylation is 2. The Labute approximate surface area is 250 Å². The van der Waals surface area contributed by atoms with Crippen molar-refractivity contribution in [2.24, 2.45) is 0 Å². The Kier molecular flexibility index (Phi) is 8.51. The highest BCUT2D eigenvalue weighted by molar-refractivity contribution is 7.91. The fourth-order valence-electron chi connectivity index (χ4n) is 5.62. The number of sulfonamides is 1. The van der Waals surface area contributed by atoms with Crippen LogP contribution < -0.4 is 16.0 Å². The number of nitrogens with zero attached hydrogens (tertiary/aromatic N) is 1. The van der Waals surface area contributed by atoms with Crippen LogP contribution in [0, 0.1) is 6.92 Å². The Morgan fingerprint density at radius 1 is 1.20 bits per heavy atom. The number of piperazine rings is 1. The van der Waals surface area contributed by atoms with Crippen LogP contribution in [0.2, 0.25) is 5.02 Å². The van der Waals surface area contributed by atoms with Gasteiger partial charge in [-0.3, -0.25) is 9.59 Å². The molecule has 2 heterocycles. The molecule has 5 rings (SSSR count). The van der Waals surface area contributed by atoms with Crippen molar-refractivity contribution in [3.8, 4) is 0 Å². The van der Waals surface area contributed by atoms with Crippen molar-refractivity contribution in [1.82, 2.24) is 20.3 Å². The molecular weight excluding hydrogens is 580 g/mol. The fourth-order valence-corrected chi connectivity index (χ4v) is 9.24. The lowest BCUT2D eigenvalue weighted by atomic mass is 9.86. The number of amides is 2. The fraction of sp³-hybridized carbons (Fsp3) is 0.467. The van der Waals surface area contributed by atoms with Crippen LogP contribution in [0.25, 0.3) is 10.1 Å². The van der Waals surface area contributed by atoms with E-state index >= 15 is 0 Å². The van der Waals surface area contributed by atoms with Crippen LogP contribution in [0.15, 0.2) is 40.6 Å². The van der Waals surface area contributed by atoms with Gasteiger partial charge in [0.15, 0.2) is 0 Å². The summed E-state index contributed by atoms with van der Waals surface area (Å²) < 4.78 is 29.9. The van der Waals surface area contributed by atoms with Gasteiger partial charge in [0.1, 0.15) is 10.3 Å². The number of fused-ring (bicyclic) bond motifs is 2. The van der Waals surface area contributed by atoms with Gasteiger partial charge in [-0.2, -0.15) is 4.31 Å². The topological polar surface area (TPSA) is 108 Å². The molecule has 1 fully saturated rings. The predicted octanol–water partition coefficient (Wildman–Crippen LogP) is 4.82. The number of rotatable bonds is 7. The summed E-state index contributed by atoms with van der Waals surface area (Å²) in [5.41, 5.74) is 4.11. The van der Waals surface area contributed by atoms with Crippen LogP contribution in [0.4, 0.5) is 0 Å². The van der Waals surface area contributed by atoms with E-state index < -0.39 is 22.0 Å². The number of hydrogen-bond donors (Lipinski definition) is 3. The van der Waals surface area contributed by atoms with E-state index in [1.165, 1.54) is 15.4 Å². The van der Waals surface area contributed by atoms with E-state index in [2.05, 4.69) is 54.9 Å². The molecule has 0 saturated carbocycles. The van der Waals surface area contributed by atoms with Gasteiger partial charge >= 0.3 is 0 Å². The number of hydrogen-bond acceptors (Lipinski definition) is 6. The number of benzene rings is 2. The summed E-state index contributed by atoms with van der Waals surface area (Å²) in [7, 11) is -4.04. The quantitative estimate of drug-likeness (QED) is 0.353. The molecule has 1 aromatic heterocycles. The maximum atomic E-state index is 13.9. The first-order valence-corrected chi connectivity index (χ1v) is 16.6. The summed E-state index contributed by atoms with van der Waals surface area (Å²) in [5.74, 6) is -0.805. The van der Waals surface area contributed by atoms with Crippen molar-refractivity contribution in [3.05, 3.63) is 63.7 Å². The zero-order valence-corrected chi connectivity index (χ0v) is 26.2. The Hall–Kier alpha value is -2.50. The highest BCUT2D eigenvalue weighted by Crippen LogP contribution is 2.38. The molecule has 2 aliphatic rings. The summed E-state index contributed by atoms with van der Waals surface area (Å²) >= 11 is 7.31. The molecule has 11 heteroatoms. The molecule has 0 radical (unpaired) electrons. The van der Waals surface area contributed by atoms with Crippen molar-refractivity contribution in [1.29, 1.82) is 0 Å². The van der Waals surface area contributed by atoms with Gasteiger partial charge in [0, 0.05) is 34.9 Å². The Morgan fingerprint density at radius 2 is 1.98 bits per heavy atom. The summed E-state index contributed by atoms with van der Waals surface area (Å²) in [4.78, 5) is 26.3. The van der Waals surface area contributed by atoms with Gasteiger partial charge in [-0.05, 0) is 92.8 Å². The second kappa shape index (κ2) is 11.6. The van der Waals surface area contributed by atoms with Gasteiger partial charge in [0.25, 0.3) is 10.0 Å². The van der Waals surface area contributed by atoms with Crippen molar-refractivity contribution >= 4 is 54.9 Å². The molecule has 0 bridgehead atoms. The van der Waals surface area contributed by atoms with Gasteiger partial charge in [-0.1, -0.05) is 29.8 Å². The molecule has 0 unspecified atom stereocenters. The van der Waals surface area contributed by atoms with Crippen molar-refractivity contribution < 1.29 is 18.0 Å². The van der Waals surface area contributed by atoms with E-state index in [1.54, 1.807) is 25.1 Å². The Morgan fingerprint density at radius 3 is 2.73 bits per heavy atom. The molecule has 41 heavy (non-hydrogen) atoms. The first-order chi connectivity index (χ1) is 19.3. The van der Waals surface area contributed by atoms with Crippen LogP contribution >= 0.6 is 22.9 Å². The third-order valence-corrected chi connectivity index (χ3v) is 11.8. The zero-order chi connectivity index (χ0) is 29.5. The zero-order valence-electron chi connectivity index (χ0n) is 23.8. The average Bonchev–Trinajstić information content (AvgIpc) is 3.24. The SMILES string of the molecule is Cc1c(S(=O)(=O)N2CCNC(=O)[C@H]2CC(=O)N[C@@H]2CCCc3cc(CNC(C)(C)C)ccc32)sc2ccc(Cl)cc12. The molecule has 3 N–H and O–H groups in total. The summed E-state index contributed by atoms with van der Waals surface area (Å²) in [6.45, 7) is 9.20. The van der Waals surface area contributed by atoms with E-state index in [0.717, 1.165) is 52.8 Å². The third-order valence-electron chi connectivity index (χ3n) is 7.74. The summed E-state index contributed by atoms with van der Waals surface area (Å²) in [6.07, 6.45) is 2.43. The molecule has 8 nitrogen and oxygen atoms in total. The molecule has 220 valence electrons. The molecule has 2 amide bonds. The van der Waals surface area contributed by atoms with Crippen LogP contribution in [-0.2, 0) is 32.6 Å². The van der Waals surface area contributed by atoms with E-state index in [0.29, 0.717) is 10.6 Å². The lowest BCUT2D eigenvalue weighted by Crippen LogP contribution is -2.58.